The maximum Gasteiger partial charge on any atom is 0.244 e. The second kappa shape index (κ2) is 10.8. The van der Waals surface area contributed by atoms with Crippen LogP contribution >= 0.6 is 11.6 Å². The third kappa shape index (κ3) is 7.24. The first kappa shape index (κ1) is 25.7. The summed E-state index contributed by atoms with van der Waals surface area (Å²) in [6.45, 7) is 6.81. The Morgan fingerprint density at radius 3 is 2.28 bits per heavy atom. The fourth-order valence-corrected chi connectivity index (χ4v) is 4.27. The highest BCUT2D eigenvalue weighted by molar-refractivity contribution is 7.92. The van der Waals surface area contributed by atoms with Crippen molar-refractivity contribution in [1.29, 1.82) is 0 Å². The van der Waals surface area contributed by atoms with E-state index in [-0.39, 0.29) is 18.5 Å². The average Bonchev–Trinajstić information content (AvgIpc) is 2.68. The number of amides is 2. The number of hydrogen-bond donors (Lipinski definition) is 1. The second-order valence-electron chi connectivity index (χ2n) is 8.10. The van der Waals surface area contributed by atoms with Gasteiger partial charge in [0.15, 0.2) is 0 Å². The normalized spacial score (nSPS) is 12.3. The van der Waals surface area contributed by atoms with Crippen LogP contribution in [-0.4, -0.2) is 50.0 Å². The summed E-state index contributed by atoms with van der Waals surface area (Å²) in [5.74, 6) is -0.819. The lowest BCUT2D eigenvalue weighted by atomic mass is 10.1. The molecule has 0 bridgehead atoms. The minimum absolute atomic E-state index is 0.104. The van der Waals surface area contributed by atoms with Gasteiger partial charge in [-0.2, -0.15) is 0 Å². The Morgan fingerprint density at radius 2 is 1.72 bits per heavy atom. The molecule has 0 unspecified atom stereocenters. The molecule has 1 N–H and O–H groups in total. The molecule has 0 saturated heterocycles. The molecule has 0 aliphatic rings. The Bertz CT molecular complexity index is 1070. The van der Waals surface area contributed by atoms with Gasteiger partial charge in [-0.05, 0) is 63.1 Å². The number of sulfonamides is 1. The highest BCUT2D eigenvalue weighted by Gasteiger charge is 2.30. The van der Waals surface area contributed by atoms with Crippen LogP contribution in [-0.2, 0) is 26.2 Å². The molecule has 0 aliphatic carbocycles. The number of carbonyl (C=O) groups excluding carboxylic acids is 2. The molecule has 0 aromatic heterocycles. The number of anilines is 1. The quantitative estimate of drug-likeness (QED) is 0.597. The molecule has 2 aromatic rings. The number of nitrogens with one attached hydrogen (secondary N) is 1. The summed E-state index contributed by atoms with van der Waals surface area (Å²) in [7, 11) is -3.74. The predicted molar refractivity (Wildman–Crippen MR) is 128 cm³/mol. The van der Waals surface area contributed by atoms with Gasteiger partial charge in [0.25, 0.3) is 0 Å². The van der Waals surface area contributed by atoms with Crippen molar-refractivity contribution >= 4 is 39.1 Å². The Morgan fingerprint density at radius 1 is 1.06 bits per heavy atom. The van der Waals surface area contributed by atoms with Gasteiger partial charge >= 0.3 is 0 Å². The molecule has 2 aromatic carbocycles. The highest BCUT2D eigenvalue weighted by atomic mass is 35.5. The molecule has 0 radical (unpaired) electrons. The van der Waals surface area contributed by atoms with Gasteiger partial charge in [-0.3, -0.25) is 13.9 Å². The first-order chi connectivity index (χ1) is 14.9. The molecule has 7 nitrogen and oxygen atoms in total. The number of aryl methyl sites for hydroxylation is 1. The van der Waals surface area contributed by atoms with Gasteiger partial charge in [0.2, 0.25) is 21.8 Å². The molecule has 0 aliphatic heterocycles. The van der Waals surface area contributed by atoms with Crippen molar-refractivity contribution in [3.8, 4) is 0 Å². The standard InChI is InChI=1S/C23H30ClN3O4S/c1-16(2)25-23(29)18(4)26(14-19-9-7-10-20(24)13-19)22(28)15-27(32(5,30)31)21-11-6-8-17(3)12-21/h6-13,16,18H,14-15H2,1-5H3,(H,25,29)/t18-/m0/s1. The van der Waals surface area contributed by atoms with Crippen molar-refractivity contribution in [3.63, 3.8) is 0 Å². The van der Waals surface area contributed by atoms with E-state index in [0.717, 1.165) is 21.7 Å². The smallest absolute Gasteiger partial charge is 0.244 e. The van der Waals surface area contributed by atoms with Gasteiger partial charge in [-0.25, -0.2) is 8.42 Å². The molecule has 0 saturated carbocycles. The number of benzene rings is 2. The maximum atomic E-state index is 13.4. The highest BCUT2D eigenvalue weighted by Crippen LogP contribution is 2.21. The van der Waals surface area contributed by atoms with Crippen LogP contribution in [0.4, 0.5) is 5.69 Å². The monoisotopic (exact) mass is 479 g/mol. The van der Waals surface area contributed by atoms with Crippen LogP contribution < -0.4 is 9.62 Å². The van der Waals surface area contributed by atoms with Gasteiger partial charge in [0.1, 0.15) is 12.6 Å². The van der Waals surface area contributed by atoms with Crippen LogP contribution in [0.25, 0.3) is 0 Å². The molecule has 174 valence electrons. The van der Waals surface area contributed by atoms with E-state index in [9.17, 15) is 18.0 Å². The lowest BCUT2D eigenvalue weighted by Gasteiger charge is -2.32. The molecule has 32 heavy (non-hydrogen) atoms. The number of halogens is 1. The van der Waals surface area contributed by atoms with Gasteiger partial charge in [0.05, 0.1) is 11.9 Å². The number of rotatable bonds is 9. The lowest BCUT2D eigenvalue weighted by molar-refractivity contribution is -0.139. The van der Waals surface area contributed by atoms with E-state index in [4.69, 9.17) is 11.6 Å². The predicted octanol–water partition coefficient (Wildman–Crippen LogP) is 3.36. The summed E-state index contributed by atoms with van der Waals surface area (Å²) in [4.78, 5) is 27.4. The van der Waals surface area contributed by atoms with Crippen molar-refractivity contribution in [3.05, 3.63) is 64.7 Å². The van der Waals surface area contributed by atoms with Crippen molar-refractivity contribution in [2.24, 2.45) is 0 Å². The largest absolute Gasteiger partial charge is 0.352 e. The number of hydrogen-bond acceptors (Lipinski definition) is 4. The van der Waals surface area contributed by atoms with Gasteiger partial charge < -0.3 is 10.2 Å². The van der Waals surface area contributed by atoms with Crippen LogP contribution in [0.1, 0.15) is 31.9 Å². The molecular formula is C23H30ClN3O4S. The van der Waals surface area contributed by atoms with E-state index in [2.05, 4.69) is 5.32 Å². The Labute approximate surface area is 195 Å². The van der Waals surface area contributed by atoms with Gasteiger partial charge in [-0.15, -0.1) is 0 Å². The molecule has 9 heteroatoms. The lowest BCUT2D eigenvalue weighted by Crippen LogP contribution is -2.52. The fourth-order valence-electron chi connectivity index (χ4n) is 3.22. The number of carbonyl (C=O) groups is 2. The van der Waals surface area contributed by atoms with E-state index >= 15 is 0 Å². The van der Waals surface area contributed by atoms with E-state index < -0.39 is 28.5 Å². The van der Waals surface area contributed by atoms with Crippen molar-refractivity contribution in [2.45, 2.75) is 46.3 Å². The molecule has 0 spiro atoms. The van der Waals surface area contributed by atoms with Crippen molar-refractivity contribution in [2.75, 3.05) is 17.1 Å². The molecule has 2 amide bonds. The average molecular weight is 480 g/mol. The molecule has 0 fully saturated rings. The first-order valence-electron chi connectivity index (χ1n) is 10.3. The minimum Gasteiger partial charge on any atom is -0.352 e. The van der Waals surface area contributed by atoms with Crippen LogP contribution in [0.15, 0.2) is 48.5 Å². The van der Waals surface area contributed by atoms with E-state index in [1.165, 1.54) is 4.90 Å². The third-order valence-electron chi connectivity index (χ3n) is 4.81. The summed E-state index contributed by atoms with van der Waals surface area (Å²) >= 11 is 6.09. The zero-order valence-electron chi connectivity index (χ0n) is 19.0. The third-order valence-corrected chi connectivity index (χ3v) is 6.18. The minimum atomic E-state index is -3.74. The summed E-state index contributed by atoms with van der Waals surface area (Å²) < 4.78 is 26.1. The van der Waals surface area contributed by atoms with Gasteiger partial charge in [-0.1, -0.05) is 35.9 Å². The fraction of sp³-hybridized carbons (Fsp3) is 0.391. The Hall–Kier alpha value is -2.58. The molecule has 2 rings (SSSR count). The Balaban J connectivity index is 2.39. The van der Waals surface area contributed by atoms with Crippen LogP contribution in [0, 0.1) is 6.92 Å². The Kier molecular flexibility index (Phi) is 8.69. The molecular weight excluding hydrogens is 450 g/mol. The summed E-state index contributed by atoms with van der Waals surface area (Å²) in [5.41, 5.74) is 1.99. The topological polar surface area (TPSA) is 86.8 Å². The number of nitrogens with zero attached hydrogens (tertiary/aromatic N) is 2. The second-order valence-corrected chi connectivity index (χ2v) is 10.4. The van der Waals surface area contributed by atoms with Crippen molar-refractivity contribution in [1.82, 2.24) is 10.2 Å². The summed E-state index contributed by atoms with van der Waals surface area (Å²) in [5, 5.41) is 3.31. The van der Waals surface area contributed by atoms with Gasteiger partial charge in [0, 0.05) is 17.6 Å². The maximum absolute atomic E-state index is 13.4. The molecule has 0 heterocycles. The zero-order valence-corrected chi connectivity index (χ0v) is 20.6. The van der Waals surface area contributed by atoms with Crippen LogP contribution in [0.3, 0.4) is 0 Å². The summed E-state index contributed by atoms with van der Waals surface area (Å²) in [6, 6.07) is 13.0. The van der Waals surface area contributed by atoms with E-state index in [0.29, 0.717) is 10.7 Å². The SMILES string of the molecule is Cc1cccc(N(CC(=O)N(Cc2cccc(Cl)c2)[C@@H](C)C(=O)NC(C)C)S(C)(=O)=O)c1. The first-order valence-corrected chi connectivity index (χ1v) is 12.5. The van der Waals surface area contributed by atoms with E-state index in [1.54, 1.807) is 49.4 Å². The van der Waals surface area contributed by atoms with Crippen LogP contribution in [0.2, 0.25) is 5.02 Å². The van der Waals surface area contributed by atoms with Crippen LogP contribution in [0.5, 0.6) is 0 Å². The summed E-state index contributed by atoms with van der Waals surface area (Å²) in [6.07, 6.45) is 1.05. The van der Waals surface area contributed by atoms with E-state index in [1.807, 2.05) is 26.8 Å². The zero-order chi connectivity index (χ0) is 24.1. The molecule has 1 atom stereocenters. The van der Waals surface area contributed by atoms with Crippen molar-refractivity contribution < 1.29 is 18.0 Å².